The van der Waals surface area contributed by atoms with E-state index in [4.69, 9.17) is 4.42 Å². The van der Waals surface area contributed by atoms with Gasteiger partial charge in [-0.25, -0.2) is 0 Å². The molecule has 0 bridgehead atoms. The molecular formula is C10H6F3NOS. The molecular weight excluding hydrogens is 239 g/mol. The molecule has 0 N–H and O–H groups in total. The molecule has 2 aromatic heterocycles. The second-order valence-corrected chi connectivity index (χ2v) is 3.92. The van der Waals surface area contributed by atoms with Gasteiger partial charge in [0.25, 0.3) is 0 Å². The molecule has 0 saturated carbocycles. The molecule has 0 atom stereocenters. The lowest BCUT2D eigenvalue weighted by atomic mass is 10.2. The molecule has 0 unspecified atom stereocenters. The number of hydrogen-bond acceptors (Lipinski definition) is 3. The molecule has 0 aliphatic rings. The van der Waals surface area contributed by atoms with E-state index in [1.807, 2.05) is 0 Å². The van der Waals surface area contributed by atoms with Gasteiger partial charge in [-0.15, -0.1) is 0 Å². The highest BCUT2D eigenvalue weighted by Crippen LogP contribution is 2.41. The molecule has 2 rings (SSSR count). The van der Waals surface area contributed by atoms with Gasteiger partial charge in [-0.1, -0.05) is 6.07 Å². The first-order valence-corrected chi connectivity index (χ1v) is 5.12. The monoisotopic (exact) mass is 245 g/mol. The number of nitrogens with zero attached hydrogens (tertiary/aromatic N) is 1. The summed E-state index contributed by atoms with van der Waals surface area (Å²) in [7, 11) is 0. The number of furan rings is 1. The Morgan fingerprint density at radius 2 is 2.00 bits per heavy atom. The Hall–Kier alpha value is -1.43. The van der Waals surface area contributed by atoms with Crippen LogP contribution in [0.1, 0.15) is 0 Å². The van der Waals surface area contributed by atoms with Crippen molar-refractivity contribution in [3.05, 3.63) is 36.7 Å². The van der Waals surface area contributed by atoms with Gasteiger partial charge in [-0.3, -0.25) is 4.98 Å². The number of rotatable bonds is 2. The van der Waals surface area contributed by atoms with Crippen molar-refractivity contribution in [1.82, 2.24) is 4.98 Å². The van der Waals surface area contributed by atoms with E-state index in [0.29, 0.717) is 11.3 Å². The molecule has 2 nitrogen and oxygen atoms in total. The molecule has 0 radical (unpaired) electrons. The summed E-state index contributed by atoms with van der Waals surface area (Å²) in [6.07, 6.45) is 2.74. The lowest BCUT2D eigenvalue weighted by molar-refractivity contribution is -0.0334. The van der Waals surface area contributed by atoms with Gasteiger partial charge in [-0.2, -0.15) is 13.2 Å². The number of hydrogen-bond donors (Lipinski definition) is 0. The number of halogens is 3. The summed E-state index contributed by atoms with van der Waals surface area (Å²) in [4.78, 5) is 3.97. The van der Waals surface area contributed by atoms with Crippen LogP contribution in [0.3, 0.4) is 0 Å². The molecule has 0 fully saturated rings. The van der Waals surface area contributed by atoms with Crippen molar-refractivity contribution in [3.8, 4) is 11.3 Å². The number of thioether (sulfide) groups is 1. The number of alkyl halides is 3. The van der Waals surface area contributed by atoms with Crippen LogP contribution in [0.2, 0.25) is 0 Å². The maximum absolute atomic E-state index is 12.2. The third kappa shape index (κ3) is 2.57. The molecule has 84 valence electrons. The van der Waals surface area contributed by atoms with Crippen LogP contribution < -0.4 is 0 Å². The molecule has 0 aromatic carbocycles. The molecule has 0 aliphatic carbocycles. The van der Waals surface area contributed by atoms with Crippen LogP contribution in [-0.2, 0) is 0 Å². The second-order valence-electron chi connectivity index (χ2n) is 2.88. The zero-order valence-corrected chi connectivity index (χ0v) is 8.68. The lowest BCUT2D eigenvalue weighted by Crippen LogP contribution is -1.99. The van der Waals surface area contributed by atoms with E-state index in [-0.39, 0.29) is 16.9 Å². The predicted octanol–water partition coefficient (Wildman–Crippen LogP) is 3.95. The van der Waals surface area contributed by atoms with Crippen LogP contribution in [0, 0.1) is 0 Å². The summed E-state index contributed by atoms with van der Waals surface area (Å²) in [6, 6.07) is 6.50. The number of aromatic nitrogens is 1. The van der Waals surface area contributed by atoms with Crippen LogP contribution >= 0.6 is 11.8 Å². The molecule has 6 heteroatoms. The van der Waals surface area contributed by atoms with Gasteiger partial charge >= 0.3 is 5.51 Å². The van der Waals surface area contributed by atoms with Crippen molar-refractivity contribution in [2.75, 3.05) is 0 Å². The van der Waals surface area contributed by atoms with E-state index in [0.717, 1.165) is 0 Å². The van der Waals surface area contributed by atoms with Gasteiger partial charge in [-0.05, 0) is 18.2 Å². The summed E-state index contributed by atoms with van der Waals surface area (Å²) >= 11 is -0.278. The Balaban J connectivity index is 2.33. The van der Waals surface area contributed by atoms with Crippen LogP contribution in [0.25, 0.3) is 11.3 Å². The maximum atomic E-state index is 12.2. The fourth-order valence-corrected chi connectivity index (χ4v) is 1.79. The van der Waals surface area contributed by atoms with E-state index in [1.54, 1.807) is 18.2 Å². The first kappa shape index (κ1) is 11.1. The fourth-order valence-electron chi connectivity index (χ4n) is 1.19. The Labute approximate surface area is 93.5 Å². The van der Waals surface area contributed by atoms with E-state index >= 15 is 0 Å². The van der Waals surface area contributed by atoms with E-state index in [9.17, 15) is 13.2 Å². The second kappa shape index (κ2) is 4.21. The Morgan fingerprint density at radius 3 is 2.62 bits per heavy atom. The van der Waals surface area contributed by atoms with Crippen molar-refractivity contribution in [1.29, 1.82) is 0 Å². The Morgan fingerprint density at radius 1 is 1.19 bits per heavy atom. The zero-order valence-electron chi connectivity index (χ0n) is 7.86. The van der Waals surface area contributed by atoms with Crippen LogP contribution in [-0.4, -0.2) is 10.5 Å². The summed E-state index contributed by atoms with van der Waals surface area (Å²) in [5.74, 6) is 0. The minimum atomic E-state index is -4.36. The van der Waals surface area contributed by atoms with Crippen molar-refractivity contribution >= 4 is 11.8 Å². The summed E-state index contributed by atoms with van der Waals surface area (Å²) in [5, 5.41) is -0.189. The van der Waals surface area contributed by atoms with Crippen molar-refractivity contribution in [3.63, 3.8) is 0 Å². The third-order valence-corrected chi connectivity index (χ3v) is 2.51. The molecule has 2 aromatic rings. The average molecular weight is 245 g/mol. The van der Waals surface area contributed by atoms with Gasteiger partial charge in [0, 0.05) is 18.0 Å². The van der Waals surface area contributed by atoms with E-state index < -0.39 is 5.51 Å². The molecule has 0 spiro atoms. The maximum Gasteiger partial charge on any atom is 0.449 e. The van der Waals surface area contributed by atoms with Crippen molar-refractivity contribution in [2.24, 2.45) is 0 Å². The van der Waals surface area contributed by atoms with Gasteiger partial charge in [0.15, 0.2) is 5.09 Å². The minimum Gasteiger partial charge on any atom is -0.457 e. The van der Waals surface area contributed by atoms with Gasteiger partial charge in [0.05, 0.1) is 17.5 Å². The molecule has 0 aliphatic heterocycles. The molecule has 0 amide bonds. The minimum absolute atomic E-state index is 0.189. The standard InChI is InChI=1S/C10H6F3NOS/c11-10(12,13)16-9-7(4-6-15-9)8-3-1-2-5-14-8/h1-6H. The highest BCUT2D eigenvalue weighted by atomic mass is 32.2. The lowest BCUT2D eigenvalue weighted by Gasteiger charge is -2.04. The smallest absolute Gasteiger partial charge is 0.449 e. The molecule has 0 saturated heterocycles. The highest BCUT2D eigenvalue weighted by molar-refractivity contribution is 8.00. The van der Waals surface area contributed by atoms with Gasteiger partial charge < -0.3 is 4.42 Å². The average Bonchev–Trinajstić information content (AvgIpc) is 2.64. The Kier molecular flexibility index (Phi) is 2.91. The normalized spacial score (nSPS) is 11.7. The zero-order chi connectivity index (χ0) is 11.6. The van der Waals surface area contributed by atoms with Crippen LogP contribution in [0.5, 0.6) is 0 Å². The third-order valence-electron chi connectivity index (χ3n) is 1.78. The fraction of sp³-hybridized carbons (Fsp3) is 0.100. The first-order valence-electron chi connectivity index (χ1n) is 4.31. The number of pyridine rings is 1. The van der Waals surface area contributed by atoms with E-state index in [2.05, 4.69) is 4.98 Å². The predicted molar refractivity (Wildman–Crippen MR) is 53.9 cm³/mol. The van der Waals surface area contributed by atoms with Gasteiger partial charge in [0.1, 0.15) is 0 Å². The van der Waals surface area contributed by atoms with Crippen LogP contribution in [0.4, 0.5) is 13.2 Å². The topological polar surface area (TPSA) is 26.0 Å². The Bertz CT molecular complexity index is 466. The molecule has 2 heterocycles. The van der Waals surface area contributed by atoms with Crippen molar-refractivity contribution < 1.29 is 17.6 Å². The SMILES string of the molecule is FC(F)(F)Sc1occc1-c1ccccn1. The summed E-state index contributed by atoms with van der Waals surface area (Å²) < 4.78 is 41.4. The van der Waals surface area contributed by atoms with E-state index in [1.165, 1.54) is 18.5 Å². The summed E-state index contributed by atoms with van der Waals surface area (Å²) in [5.41, 5.74) is -3.55. The summed E-state index contributed by atoms with van der Waals surface area (Å²) in [6.45, 7) is 0. The quantitative estimate of drug-likeness (QED) is 0.749. The van der Waals surface area contributed by atoms with Crippen molar-refractivity contribution in [2.45, 2.75) is 10.6 Å². The van der Waals surface area contributed by atoms with Crippen LogP contribution in [0.15, 0.2) is 46.2 Å². The highest BCUT2D eigenvalue weighted by Gasteiger charge is 2.32. The largest absolute Gasteiger partial charge is 0.457 e. The van der Waals surface area contributed by atoms with Gasteiger partial charge in [0.2, 0.25) is 0 Å². The molecule has 16 heavy (non-hydrogen) atoms. The first-order chi connectivity index (χ1) is 7.56.